The van der Waals surface area contributed by atoms with Crippen LogP contribution in [-0.4, -0.2) is 25.9 Å². The van der Waals surface area contributed by atoms with Gasteiger partial charge in [-0.1, -0.05) is 0 Å². The van der Waals surface area contributed by atoms with E-state index in [2.05, 4.69) is 5.32 Å². The summed E-state index contributed by atoms with van der Waals surface area (Å²) >= 11 is 0. The van der Waals surface area contributed by atoms with E-state index in [-0.39, 0.29) is 13.0 Å². The molecule has 1 unspecified atom stereocenters. The quantitative estimate of drug-likeness (QED) is 0.604. The van der Waals surface area contributed by atoms with Crippen LogP contribution in [0.15, 0.2) is 0 Å². The Labute approximate surface area is 71.1 Å². The Morgan fingerprint density at radius 2 is 1.62 bits per heavy atom. The maximum atomic E-state index is 11.7. The third-order valence-corrected chi connectivity index (χ3v) is 1.52. The summed E-state index contributed by atoms with van der Waals surface area (Å²) in [6.07, 6.45) is -3.74. The van der Waals surface area contributed by atoms with Crippen molar-refractivity contribution in [3.63, 3.8) is 0 Å². The Morgan fingerprint density at radius 3 is 1.77 bits per heavy atom. The highest BCUT2D eigenvalue weighted by Crippen LogP contribution is 2.29. The summed E-state index contributed by atoms with van der Waals surface area (Å²) < 4.78 is 64.2. The van der Waals surface area contributed by atoms with Gasteiger partial charge in [0.05, 0.1) is 5.92 Å². The molecule has 1 rings (SSSR count). The number of alkyl halides is 6. The predicted molar refractivity (Wildman–Crippen MR) is 34.1 cm³/mol. The van der Waals surface area contributed by atoms with Gasteiger partial charge in [0.1, 0.15) is 0 Å². The Balaban J connectivity index is 0.000000310. The summed E-state index contributed by atoms with van der Waals surface area (Å²) in [5, 5.41) is 2.66. The van der Waals surface area contributed by atoms with E-state index in [9.17, 15) is 26.3 Å². The van der Waals surface area contributed by atoms with Crippen molar-refractivity contribution in [1.29, 1.82) is 0 Å². The van der Waals surface area contributed by atoms with Gasteiger partial charge in [-0.15, -0.1) is 0 Å². The molecule has 0 radical (unpaired) electrons. The van der Waals surface area contributed by atoms with E-state index in [4.69, 9.17) is 0 Å². The van der Waals surface area contributed by atoms with Crippen molar-refractivity contribution in [2.75, 3.05) is 13.1 Å². The van der Waals surface area contributed by atoms with Gasteiger partial charge in [-0.3, -0.25) is 0 Å². The average molecular weight is 209 g/mol. The first-order valence-electron chi connectivity index (χ1n) is 3.53. The van der Waals surface area contributed by atoms with Crippen molar-refractivity contribution in [3.8, 4) is 0 Å². The van der Waals surface area contributed by atoms with Gasteiger partial charge in [0.25, 0.3) is 0 Å². The lowest BCUT2D eigenvalue weighted by molar-refractivity contribution is -0.168. The van der Waals surface area contributed by atoms with Crippen LogP contribution in [-0.2, 0) is 0 Å². The van der Waals surface area contributed by atoms with Crippen LogP contribution in [0.25, 0.3) is 0 Å². The van der Waals surface area contributed by atoms with Gasteiger partial charge in [0.15, 0.2) is 0 Å². The second-order valence-corrected chi connectivity index (χ2v) is 2.48. The van der Waals surface area contributed by atoms with Crippen molar-refractivity contribution < 1.29 is 26.3 Å². The van der Waals surface area contributed by atoms with Crippen LogP contribution in [0.4, 0.5) is 26.3 Å². The van der Waals surface area contributed by atoms with E-state index < -0.39 is 18.8 Å². The molecule has 0 saturated carbocycles. The van der Waals surface area contributed by atoms with E-state index in [1.54, 1.807) is 0 Å². The van der Waals surface area contributed by atoms with E-state index in [1.165, 1.54) is 0 Å². The number of hydrogen-bond donors (Lipinski definition) is 1. The van der Waals surface area contributed by atoms with Crippen molar-refractivity contribution in [2.24, 2.45) is 5.92 Å². The van der Waals surface area contributed by atoms with Gasteiger partial charge in [-0.2, -0.15) is 26.3 Å². The molecule has 1 heterocycles. The fraction of sp³-hybridized carbons (Fsp3) is 1.00. The maximum absolute atomic E-state index is 11.7. The van der Waals surface area contributed by atoms with Crippen LogP contribution < -0.4 is 5.32 Å². The lowest BCUT2D eigenvalue weighted by atomic mass is 10.1. The van der Waals surface area contributed by atoms with Crippen LogP contribution in [0.5, 0.6) is 0 Å². The van der Waals surface area contributed by atoms with Gasteiger partial charge in [0, 0.05) is 6.54 Å². The average Bonchev–Trinajstić information content (AvgIpc) is 2.31. The standard InChI is InChI=1S/C5H8F3N.CHF3/c6-5(7,8)4-1-2-9-3-4;2-1(3)4/h4,9H,1-3H2;1H. The SMILES string of the molecule is FC(F)(F)C1CCNC1.FC(F)F. The molecule has 0 bridgehead atoms. The number of nitrogens with one attached hydrogen (secondary N) is 1. The molecule has 0 aromatic rings. The summed E-state index contributed by atoms with van der Waals surface area (Å²) in [6.45, 7) is -3.06. The Kier molecular flexibility index (Phi) is 5.12. The molecular weight excluding hydrogens is 200 g/mol. The zero-order valence-electron chi connectivity index (χ0n) is 6.54. The Hall–Kier alpha value is -0.460. The minimum Gasteiger partial charge on any atom is -0.316 e. The minimum atomic E-state index is -3.98. The fourth-order valence-electron chi connectivity index (χ4n) is 0.934. The van der Waals surface area contributed by atoms with Crippen LogP contribution >= 0.6 is 0 Å². The lowest BCUT2D eigenvalue weighted by Crippen LogP contribution is -2.24. The zero-order chi connectivity index (χ0) is 10.5. The molecular formula is C6H9F6N. The monoisotopic (exact) mass is 209 g/mol. The molecule has 80 valence electrons. The lowest BCUT2D eigenvalue weighted by Gasteiger charge is -2.11. The van der Waals surface area contributed by atoms with E-state index in [0.717, 1.165) is 0 Å². The molecule has 0 aliphatic carbocycles. The summed E-state index contributed by atoms with van der Waals surface area (Å²) in [7, 11) is 0. The molecule has 0 aromatic heterocycles. The third kappa shape index (κ3) is 6.68. The number of halogens is 6. The predicted octanol–water partition coefficient (Wildman–Crippen LogP) is 2.34. The Morgan fingerprint density at radius 1 is 1.15 bits per heavy atom. The van der Waals surface area contributed by atoms with Gasteiger partial charge >= 0.3 is 12.9 Å². The first-order chi connectivity index (χ1) is 5.84. The molecule has 1 fully saturated rings. The van der Waals surface area contributed by atoms with Crippen LogP contribution in [0.1, 0.15) is 6.42 Å². The maximum Gasteiger partial charge on any atom is 0.393 e. The van der Waals surface area contributed by atoms with E-state index in [1.807, 2.05) is 0 Å². The van der Waals surface area contributed by atoms with Crippen LogP contribution in [0.2, 0.25) is 0 Å². The summed E-state index contributed by atoms with van der Waals surface area (Å²) in [5.41, 5.74) is 0. The third-order valence-electron chi connectivity index (χ3n) is 1.52. The van der Waals surface area contributed by atoms with Crippen molar-refractivity contribution >= 4 is 0 Å². The molecule has 1 aliphatic rings. The second kappa shape index (κ2) is 5.31. The van der Waals surface area contributed by atoms with E-state index >= 15 is 0 Å². The largest absolute Gasteiger partial charge is 0.393 e. The first kappa shape index (κ1) is 12.5. The van der Waals surface area contributed by atoms with Crippen molar-refractivity contribution in [1.82, 2.24) is 5.32 Å². The highest BCUT2D eigenvalue weighted by atomic mass is 19.4. The smallest absolute Gasteiger partial charge is 0.316 e. The molecule has 1 aliphatic heterocycles. The molecule has 0 spiro atoms. The molecule has 0 amide bonds. The molecule has 7 heteroatoms. The highest BCUT2D eigenvalue weighted by Gasteiger charge is 2.40. The van der Waals surface area contributed by atoms with E-state index in [0.29, 0.717) is 6.54 Å². The molecule has 1 nitrogen and oxygen atoms in total. The normalized spacial score (nSPS) is 22.8. The fourth-order valence-corrected chi connectivity index (χ4v) is 0.934. The van der Waals surface area contributed by atoms with Crippen molar-refractivity contribution in [3.05, 3.63) is 0 Å². The van der Waals surface area contributed by atoms with Crippen LogP contribution in [0, 0.1) is 5.92 Å². The van der Waals surface area contributed by atoms with Crippen molar-refractivity contribution in [2.45, 2.75) is 19.3 Å². The molecule has 0 aromatic carbocycles. The molecule has 13 heavy (non-hydrogen) atoms. The number of hydrogen-bond acceptors (Lipinski definition) is 1. The minimum absolute atomic E-state index is 0.101. The molecule has 1 saturated heterocycles. The first-order valence-corrected chi connectivity index (χ1v) is 3.53. The van der Waals surface area contributed by atoms with Gasteiger partial charge < -0.3 is 5.32 Å². The van der Waals surface area contributed by atoms with Gasteiger partial charge in [-0.05, 0) is 13.0 Å². The van der Waals surface area contributed by atoms with Gasteiger partial charge in [-0.25, -0.2) is 0 Å². The second-order valence-electron chi connectivity index (χ2n) is 2.48. The topological polar surface area (TPSA) is 12.0 Å². The summed E-state index contributed by atoms with van der Waals surface area (Å²) in [6, 6.07) is 0. The Bertz CT molecular complexity index is 125. The van der Waals surface area contributed by atoms with Gasteiger partial charge in [0.2, 0.25) is 0 Å². The van der Waals surface area contributed by atoms with Crippen LogP contribution in [0.3, 0.4) is 0 Å². The highest BCUT2D eigenvalue weighted by molar-refractivity contribution is 4.76. The number of rotatable bonds is 0. The molecule has 1 atom stereocenters. The molecule has 1 N–H and O–H groups in total. The summed E-state index contributed by atoms with van der Waals surface area (Å²) in [5.74, 6) is -1.10. The summed E-state index contributed by atoms with van der Waals surface area (Å²) in [4.78, 5) is 0. The zero-order valence-corrected chi connectivity index (χ0v) is 6.54.